The van der Waals surface area contributed by atoms with Crippen molar-refractivity contribution in [3.63, 3.8) is 0 Å². The normalized spacial score (nSPS) is 10.3. The Morgan fingerprint density at radius 3 is 2.41 bits per heavy atom. The van der Waals surface area contributed by atoms with E-state index in [1.54, 1.807) is 7.11 Å². The lowest BCUT2D eigenvalue weighted by molar-refractivity contribution is 0.252. The zero-order valence-corrected chi connectivity index (χ0v) is 16.8. The van der Waals surface area contributed by atoms with Crippen molar-refractivity contribution in [2.24, 2.45) is 5.84 Å². The van der Waals surface area contributed by atoms with Crippen molar-refractivity contribution in [2.45, 2.75) is 20.5 Å². The summed E-state index contributed by atoms with van der Waals surface area (Å²) >= 11 is 0. The predicted octanol–water partition coefficient (Wildman–Crippen LogP) is 4.55. The van der Waals surface area contributed by atoms with E-state index in [0.717, 1.165) is 39.3 Å². The molecule has 29 heavy (non-hydrogen) atoms. The maximum atomic E-state index is 11.6. The van der Waals surface area contributed by atoms with Crippen LogP contribution in [0.4, 0.5) is 10.5 Å². The molecule has 0 fully saturated rings. The Hall–Kier alpha value is -3.51. The number of nitrogens with one attached hydrogen (secondary N) is 2. The number of hydrogen-bond donors (Lipinski definition) is 3. The van der Waals surface area contributed by atoms with E-state index in [9.17, 15) is 4.79 Å². The van der Waals surface area contributed by atoms with Crippen molar-refractivity contribution in [1.29, 1.82) is 0 Å². The second kappa shape index (κ2) is 9.12. The van der Waals surface area contributed by atoms with E-state index >= 15 is 0 Å². The van der Waals surface area contributed by atoms with Crippen LogP contribution in [-0.2, 0) is 6.61 Å². The van der Waals surface area contributed by atoms with Crippen LogP contribution in [0.15, 0.2) is 60.7 Å². The number of anilines is 1. The minimum atomic E-state index is -0.478. The number of methoxy groups -OCH3 is 1. The molecule has 0 bridgehead atoms. The predicted molar refractivity (Wildman–Crippen MR) is 115 cm³/mol. The maximum absolute atomic E-state index is 11.6. The fourth-order valence-corrected chi connectivity index (χ4v) is 3.11. The Kier molecular flexibility index (Phi) is 6.36. The van der Waals surface area contributed by atoms with Crippen molar-refractivity contribution < 1.29 is 14.3 Å². The third kappa shape index (κ3) is 5.06. The average Bonchev–Trinajstić information content (AvgIpc) is 2.73. The van der Waals surface area contributed by atoms with E-state index in [4.69, 9.17) is 15.3 Å². The van der Waals surface area contributed by atoms with Gasteiger partial charge >= 0.3 is 6.03 Å². The molecule has 6 heteroatoms. The van der Waals surface area contributed by atoms with Crippen LogP contribution < -0.4 is 26.1 Å². The SMILES string of the molecule is COc1ccc(-c2cc(C)cc(OCc3c(C)cccc3NC(=O)NN)c2)cc1. The minimum absolute atomic E-state index is 0.318. The molecule has 0 heterocycles. The van der Waals surface area contributed by atoms with Gasteiger partial charge in [0.2, 0.25) is 0 Å². The molecule has 0 atom stereocenters. The van der Waals surface area contributed by atoms with Crippen molar-refractivity contribution in [1.82, 2.24) is 5.43 Å². The highest BCUT2D eigenvalue weighted by atomic mass is 16.5. The topological polar surface area (TPSA) is 85.6 Å². The van der Waals surface area contributed by atoms with Crippen molar-refractivity contribution in [3.8, 4) is 22.6 Å². The van der Waals surface area contributed by atoms with Gasteiger partial charge in [0, 0.05) is 11.3 Å². The molecule has 6 nitrogen and oxygen atoms in total. The van der Waals surface area contributed by atoms with Crippen LogP contribution in [0, 0.1) is 13.8 Å². The van der Waals surface area contributed by atoms with Crippen LogP contribution in [0.2, 0.25) is 0 Å². The van der Waals surface area contributed by atoms with Crippen LogP contribution in [-0.4, -0.2) is 13.1 Å². The molecule has 0 aromatic heterocycles. The zero-order valence-electron chi connectivity index (χ0n) is 16.8. The number of urea groups is 1. The van der Waals surface area contributed by atoms with Crippen molar-refractivity contribution in [3.05, 3.63) is 77.4 Å². The summed E-state index contributed by atoms with van der Waals surface area (Å²) in [5, 5.41) is 2.73. The fraction of sp³-hybridized carbons (Fsp3) is 0.174. The van der Waals surface area contributed by atoms with E-state index in [1.807, 2.05) is 68.4 Å². The first-order chi connectivity index (χ1) is 14.0. The third-order valence-corrected chi connectivity index (χ3v) is 4.65. The molecular weight excluding hydrogens is 366 g/mol. The van der Waals surface area contributed by atoms with Crippen molar-refractivity contribution >= 4 is 11.7 Å². The average molecular weight is 391 g/mol. The Bertz CT molecular complexity index is 1000. The molecule has 3 rings (SSSR count). The lowest BCUT2D eigenvalue weighted by Crippen LogP contribution is -2.34. The highest BCUT2D eigenvalue weighted by Gasteiger charge is 2.10. The van der Waals surface area contributed by atoms with Gasteiger partial charge in [0.05, 0.1) is 7.11 Å². The Morgan fingerprint density at radius 1 is 0.966 bits per heavy atom. The first kappa shape index (κ1) is 20.2. The monoisotopic (exact) mass is 391 g/mol. The number of hydrazine groups is 1. The lowest BCUT2D eigenvalue weighted by atomic mass is 10.0. The first-order valence-electron chi connectivity index (χ1n) is 9.25. The zero-order chi connectivity index (χ0) is 20.8. The summed E-state index contributed by atoms with van der Waals surface area (Å²) in [6.07, 6.45) is 0. The van der Waals surface area contributed by atoms with Gasteiger partial charge in [-0.3, -0.25) is 5.43 Å². The summed E-state index contributed by atoms with van der Waals surface area (Å²) in [6, 6.07) is 19.2. The van der Waals surface area contributed by atoms with Crippen LogP contribution in [0.5, 0.6) is 11.5 Å². The standard InChI is InChI=1S/C23H25N3O3/c1-15-11-18(17-7-9-19(28-3)10-8-17)13-20(12-15)29-14-21-16(2)5-4-6-22(21)25-23(27)26-24/h4-13H,14,24H2,1-3H3,(H2,25,26,27). The number of ether oxygens (including phenoxy) is 2. The Labute approximate surface area is 170 Å². The minimum Gasteiger partial charge on any atom is -0.497 e. The molecular formula is C23H25N3O3. The van der Waals surface area contributed by atoms with Crippen molar-refractivity contribution in [2.75, 3.05) is 12.4 Å². The number of rotatable bonds is 6. The summed E-state index contributed by atoms with van der Waals surface area (Å²) in [7, 11) is 1.65. The Balaban J connectivity index is 1.83. The molecule has 0 spiro atoms. The van der Waals surface area contributed by atoms with Gasteiger partial charge in [0.1, 0.15) is 18.1 Å². The molecule has 0 radical (unpaired) electrons. The van der Waals surface area contributed by atoms with E-state index in [1.165, 1.54) is 0 Å². The second-order valence-electron chi connectivity index (χ2n) is 6.75. The molecule has 3 aromatic rings. The molecule has 0 saturated heterocycles. The van der Waals surface area contributed by atoms with Gasteiger partial charge in [-0.05, 0) is 66.4 Å². The van der Waals surface area contributed by atoms with E-state index in [0.29, 0.717) is 12.3 Å². The largest absolute Gasteiger partial charge is 0.497 e. The number of carbonyl (C=O) groups excluding carboxylic acids is 1. The van der Waals surface area contributed by atoms with Gasteiger partial charge in [0.15, 0.2) is 0 Å². The van der Waals surface area contributed by atoms with Crippen LogP contribution in [0.1, 0.15) is 16.7 Å². The van der Waals surface area contributed by atoms with Crippen LogP contribution in [0.3, 0.4) is 0 Å². The van der Waals surface area contributed by atoms with Gasteiger partial charge in [-0.2, -0.15) is 0 Å². The van der Waals surface area contributed by atoms with Gasteiger partial charge < -0.3 is 14.8 Å². The molecule has 4 N–H and O–H groups in total. The third-order valence-electron chi connectivity index (χ3n) is 4.65. The van der Waals surface area contributed by atoms with Crippen LogP contribution in [0.25, 0.3) is 11.1 Å². The quantitative estimate of drug-likeness (QED) is 0.327. The van der Waals surface area contributed by atoms with E-state index in [2.05, 4.69) is 16.8 Å². The molecule has 2 amide bonds. The van der Waals surface area contributed by atoms with Gasteiger partial charge in [-0.25, -0.2) is 10.6 Å². The number of amides is 2. The van der Waals surface area contributed by atoms with Gasteiger partial charge in [-0.1, -0.05) is 30.3 Å². The number of nitrogens with two attached hydrogens (primary N) is 1. The molecule has 0 unspecified atom stereocenters. The molecule has 0 aliphatic carbocycles. The molecule has 0 aliphatic rings. The fourth-order valence-electron chi connectivity index (χ4n) is 3.11. The lowest BCUT2D eigenvalue weighted by Gasteiger charge is -2.15. The van der Waals surface area contributed by atoms with Gasteiger partial charge in [-0.15, -0.1) is 0 Å². The molecule has 0 saturated carbocycles. The van der Waals surface area contributed by atoms with Gasteiger partial charge in [0.25, 0.3) is 0 Å². The number of benzene rings is 3. The highest BCUT2D eigenvalue weighted by Crippen LogP contribution is 2.29. The van der Waals surface area contributed by atoms with Crippen LogP contribution >= 0.6 is 0 Å². The summed E-state index contributed by atoms with van der Waals surface area (Å²) in [6.45, 7) is 4.33. The summed E-state index contributed by atoms with van der Waals surface area (Å²) in [5.41, 5.74) is 7.89. The maximum Gasteiger partial charge on any atom is 0.333 e. The summed E-state index contributed by atoms with van der Waals surface area (Å²) in [4.78, 5) is 11.6. The number of aryl methyl sites for hydroxylation is 2. The smallest absolute Gasteiger partial charge is 0.333 e. The summed E-state index contributed by atoms with van der Waals surface area (Å²) < 4.78 is 11.3. The summed E-state index contributed by atoms with van der Waals surface area (Å²) in [5.74, 6) is 6.75. The number of carbonyl (C=O) groups is 1. The number of hydrogen-bond acceptors (Lipinski definition) is 4. The highest BCUT2D eigenvalue weighted by molar-refractivity contribution is 5.89. The van der Waals surface area contributed by atoms with E-state index < -0.39 is 6.03 Å². The molecule has 3 aromatic carbocycles. The first-order valence-corrected chi connectivity index (χ1v) is 9.25. The molecule has 150 valence electrons. The Morgan fingerprint density at radius 2 is 1.72 bits per heavy atom. The molecule has 0 aliphatic heterocycles. The van der Waals surface area contributed by atoms with E-state index in [-0.39, 0.29) is 0 Å². The second-order valence-corrected chi connectivity index (χ2v) is 6.75.